The fraction of sp³-hybridized carbons (Fsp3) is 0.304. The Bertz CT molecular complexity index is 999. The minimum absolute atomic E-state index is 0.625. The van der Waals surface area contributed by atoms with Gasteiger partial charge in [0.05, 0.1) is 5.69 Å². The highest BCUT2D eigenvalue weighted by Crippen LogP contribution is 2.29. The molecular formula is C23H24BrNO4. The van der Waals surface area contributed by atoms with Gasteiger partial charge in [0.25, 0.3) is 0 Å². The van der Waals surface area contributed by atoms with E-state index in [1.807, 2.05) is 56.3 Å². The summed E-state index contributed by atoms with van der Waals surface area (Å²) in [4.78, 5) is 11.4. The highest BCUT2D eigenvalue weighted by atomic mass is 79.9. The maximum absolute atomic E-state index is 11.4. The van der Waals surface area contributed by atoms with Crippen LogP contribution in [0, 0.1) is 13.8 Å². The minimum Gasteiger partial charge on any atom is -0.478 e. The van der Waals surface area contributed by atoms with Gasteiger partial charge in [0, 0.05) is 16.1 Å². The summed E-state index contributed by atoms with van der Waals surface area (Å²) in [5.41, 5.74) is 3.59. The zero-order valence-electron chi connectivity index (χ0n) is 17.0. The second kappa shape index (κ2) is 8.41. The van der Waals surface area contributed by atoms with Gasteiger partial charge in [0.2, 0.25) is 0 Å². The number of carbonyl (C=O) groups is 1. The van der Waals surface area contributed by atoms with Crippen LogP contribution in [0.3, 0.4) is 0 Å². The Morgan fingerprint density at radius 3 is 2.31 bits per heavy atom. The highest BCUT2D eigenvalue weighted by Gasteiger charge is 2.30. The summed E-state index contributed by atoms with van der Waals surface area (Å²) in [6.45, 7) is 6.97. The summed E-state index contributed by atoms with van der Waals surface area (Å²) in [5.74, 6) is 0.382. The van der Waals surface area contributed by atoms with Gasteiger partial charge in [0.15, 0.2) is 11.4 Å². The molecule has 0 spiro atoms. The molecular weight excluding hydrogens is 434 g/mol. The summed E-state index contributed by atoms with van der Waals surface area (Å²) in [6, 6.07) is 14.0. The number of ether oxygens (including phenoxy) is 1. The molecule has 0 unspecified atom stereocenters. The summed E-state index contributed by atoms with van der Waals surface area (Å²) >= 11 is 3.43. The first-order valence-electron chi connectivity index (χ1n) is 9.40. The summed E-state index contributed by atoms with van der Waals surface area (Å²) < 4.78 is 12.3. The normalized spacial score (nSPS) is 11.5. The summed E-state index contributed by atoms with van der Waals surface area (Å²) in [7, 11) is 0. The Labute approximate surface area is 178 Å². The topological polar surface area (TPSA) is 72.6 Å². The molecule has 6 heteroatoms. The molecule has 0 amide bonds. The maximum Gasteiger partial charge on any atom is 0.347 e. The van der Waals surface area contributed by atoms with Crippen molar-refractivity contribution >= 4 is 21.9 Å². The molecule has 0 fully saturated rings. The van der Waals surface area contributed by atoms with E-state index >= 15 is 0 Å². The van der Waals surface area contributed by atoms with E-state index in [0.29, 0.717) is 5.75 Å². The molecule has 1 heterocycles. The van der Waals surface area contributed by atoms with Gasteiger partial charge in [-0.2, -0.15) is 0 Å². The molecule has 1 N–H and O–H groups in total. The third kappa shape index (κ3) is 5.07. The van der Waals surface area contributed by atoms with Crippen LogP contribution in [0.2, 0.25) is 0 Å². The second-order valence-corrected chi connectivity index (χ2v) is 8.58. The molecule has 2 aromatic carbocycles. The summed E-state index contributed by atoms with van der Waals surface area (Å²) in [5, 5.41) is 13.5. The van der Waals surface area contributed by atoms with Crippen LogP contribution in [0.1, 0.15) is 36.2 Å². The fourth-order valence-corrected chi connectivity index (χ4v) is 3.36. The van der Waals surface area contributed by atoms with Crippen molar-refractivity contribution < 1.29 is 19.2 Å². The van der Waals surface area contributed by atoms with E-state index in [0.717, 1.165) is 51.0 Å². The number of hydrogen-bond donors (Lipinski definition) is 1. The van der Waals surface area contributed by atoms with Gasteiger partial charge < -0.3 is 14.4 Å². The fourth-order valence-electron chi connectivity index (χ4n) is 3.10. The zero-order chi connectivity index (χ0) is 21.2. The van der Waals surface area contributed by atoms with Crippen LogP contribution in [-0.4, -0.2) is 21.8 Å². The van der Waals surface area contributed by atoms with Crippen molar-refractivity contribution in [1.29, 1.82) is 0 Å². The smallest absolute Gasteiger partial charge is 0.347 e. The molecule has 0 saturated heterocycles. The number of rotatable bonds is 7. The molecule has 0 atom stereocenters. The Kier molecular flexibility index (Phi) is 6.13. The van der Waals surface area contributed by atoms with Crippen molar-refractivity contribution in [3.05, 3.63) is 69.3 Å². The van der Waals surface area contributed by atoms with Crippen LogP contribution in [0.5, 0.6) is 5.75 Å². The van der Waals surface area contributed by atoms with Gasteiger partial charge in [-0.05, 0) is 69.4 Å². The van der Waals surface area contributed by atoms with Gasteiger partial charge in [0.1, 0.15) is 5.75 Å². The van der Waals surface area contributed by atoms with Gasteiger partial charge in [-0.15, -0.1) is 0 Å². The first-order chi connectivity index (χ1) is 13.7. The van der Waals surface area contributed by atoms with Crippen LogP contribution in [0.15, 0.2) is 51.5 Å². The van der Waals surface area contributed by atoms with Crippen LogP contribution >= 0.6 is 15.9 Å². The summed E-state index contributed by atoms with van der Waals surface area (Å²) in [6.07, 6.45) is 1.55. The van der Waals surface area contributed by atoms with Crippen LogP contribution in [0.25, 0.3) is 11.3 Å². The lowest BCUT2D eigenvalue weighted by atomic mass is 10.0. The van der Waals surface area contributed by atoms with Gasteiger partial charge in [-0.1, -0.05) is 45.4 Å². The first-order valence-corrected chi connectivity index (χ1v) is 10.2. The maximum atomic E-state index is 11.4. The zero-order valence-corrected chi connectivity index (χ0v) is 18.5. The molecule has 5 nitrogen and oxygen atoms in total. The van der Waals surface area contributed by atoms with Crippen LogP contribution in [0.4, 0.5) is 0 Å². The number of nitrogens with zero attached hydrogens (tertiary/aromatic N) is 1. The van der Waals surface area contributed by atoms with Crippen molar-refractivity contribution in [3.8, 4) is 17.1 Å². The first kappa shape index (κ1) is 21.1. The standard InChI is InChI=1S/C23H24BrNO4/c1-14-11-16(12-15(2)21(14)28-23(3,4)22(26)27)5-10-19-13-20(29-25-19)17-6-8-18(24)9-7-17/h6-9,11-13H,5,10H2,1-4H3,(H,26,27). The van der Waals surface area contributed by atoms with Crippen molar-refractivity contribution in [2.24, 2.45) is 0 Å². The predicted molar refractivity (Wildman–Crippen MR) is 115 cm³/mol. The van der Waals surface area contributed by atoms with E-state index in [1.54, 1.807) is 13.8 Å². The molecule has 0 radical (unpaired) electrons. The van der Waals surface area contributed by atoms with E-state index in [-0.39, 0.29) is 0 Å². The van der Waals surface area contributed by atoms with Crippen molar-refractivity contribution in [3.63, 3.8) is 0 Å². The Hall–Kier alpha value is -2.60. The molecule has 0 aliphatic rings. The van der Waals surface area contributed by atoms with E-state index in [1.165, 1.54) is 0 Å². The molecule has 0 aliphatic carbocycles. The molecule has 0 saturated carbocycles. The minimum atomic E-state index is -1.28. The number of aromatic nitrogens is 1. The second-order valence-electron chi connectivity index (χ2n) is 7.67. The quantitative estimate of drug-likeness (QED) is 0.488. The molecule has 0 aliphatic heterocycles. The van der Waals surface area contributed by atoms with E-state index in [2.05, 4.69) is 21.1 Å². The van der Waals surface area contributed by atoms with Crippen molar-refractivity contribution in [1.82, 2.24) is 5.16 Å². The van der Waals surface area contributed by atoms with Crippen molar-refractivity contribution in [2.75, 3.05) is 0 Å². The van der Waals surface area contributed by atoms with Gasteiger partial charge in [-0.3, -0.25) is 0 Å². The van der Waals surface area contributed by atoms with E-state index in [9.17, 15) is 9.90 Å². The third-order valence-electron chi connectivity index (χ3n) is 4.75. The van der Waals surface area contributed by atoms with Crippen LogP contribution in [-0.2, 0) is 17.6 Å². The Balaban J connectivity index is 1.70. The third-order valence-corrected chi connectivity index (χ3v) is 5.28. The lowest BCUT2D eigenvalue weighted by Gasteiger charge is -2.24. The lowest BCUT2D eigenvalue weighted by molar-refractivity contribution is -0.152. The number of aliphatic carboxylic acids is 1. The number of aryl methyl sites for hydroxylation is 4. The monoisotopic (exact) mass is 457 g/mol. The van der Waals surface area contributed by atoms with E-state index < -0.39 is 11.6 Å². The Morgan fingerprint density at radius 2 is 1.72 bits per heavy atom. The number of halogens is 1. The molecule has 152 valence electrons. The van der Waals surface area contributed by atoms with Crippen LogP contribution < -0.4 is 4.74 Å². The number of carboxylic acids is 1. The number of hydrogen-bond acceptors (Lipinski definition) is 4. The molecule has 0 bridgehead atoms. The number of carboxylic acid groups (broad SMARTS) is 1. The average molecular weight is 458 g/mol. The molecule has 3 aromatic rings. The highest BCUT2D eigenvalue weighted by molar-refractivity contribution is 9.10. The predicted octanol–water partition coefficient (Wildman–Crippen LogP) is 5.75. The average Bonchev–Trinajstić information content (AvgIpc) is 3.12. The molecule has 29 heavy (non-hydrogen) atoms. The largest absolute Gasteiger partial charge is 0.478 e. The van der Waals surface area contributed by atoms with Crippen molar-refractivity contribution in [2.45, 2.75) is 46.1 Å². The number of benzene rings is 2. The molecule has 3 rings (SSSR count). The van der Waals surface area contributed by atoms with Gasteiger partial charge in [-0.25, -0.2) is 4.79 Å². The lowest BCUT2D eigenvalue weighted by Crippen LogP contribution is -2.38. The SMILES string of the molecule is Cc1cc(CCc2cc(-c3ccc(Br)cc3)on2)cc(C)c1OC(C)(C)C(=O)O. The molecule has 1 aromatic heterocycles. The van der Waals surface area contributed by atoms with E-state index in [4.69, 9.17) is 9.26 Å². The van der Waals surface area contributed by atoms with Gasteiger partial charge >= 0.3 is 5.97 Å². The Morgan fingerprint density at radius 1 is 1.10 bits per heavy atom.